The number of amides is 1. The predicted molar refractivity (Wildman–Crippen MR) is 106 cm³/mol. The third-order valence-corrected chi connectivity index (χ3v) is 4.55. The molecule has 3 aromatic rings. The number of hydrogen-bond donors (Lipinski definition) is 1. The van der Waals surface area contributed by atoms with Crippen molar-refractivity contribution in [1.82, 2.24) is 9.13 Å². The highest BCUT2D eigenvalue weighted by atomic mass is 19.1. The number of anilines is 2. The lowest BCUT2D eigenvalue weighted by Gasteiger charge is -2.16. The molecule has 0 spiro atoms. The molecule has 2 aromatic carbocycles. The van der Waals surface area contributed by atoms with Gasteiger partial charge in [0.1, 0.15) is 5.69 Å². The van der Waals surface area contributed by atoms with E-state index >= 15 is 0 Å². The standard InChI is InChI=1S/C20H22F2N4O2/c1-4-25-16-7-5-6-8-17(16)26(20(25)28)10-9-18(27)23-13-11-14(21)19(24(2)3)15(22)12-13/h5-8,11-12H,4,9-10H2,1-3H3,(H,23,27). The van der Waals surface area contributed by atoms with Gasteiger partial charge in [-0.2, -0.15) is 0 Å². The van der Waals surface area contributed by atoms with E-state index in [4.69, 9.17) is 0 Å². The SMILES string of the molecule is CCn1c(=O)n(CCC(=O)Nc2cc(F)c(N(C)C)c(F)c2)c2ccccc21. The van der Waals surface area contributed by atoms with Gasteiger partial charge in [-0.1, -0.05) is 12.1 Å². The Balaban J connectivity index is 1.76. The molecule has 8 heteroatoms. The van der Waals surface area contributed by atoms with E-state index < -0.39 is 17.5 Å². The lowest BCUT2D eigenvalue weighted by molar-refractivity contribution is -0.116. The molecule has 1 aromatic heterocycles. The van der Waals surface area contributed by atoms with E-state index in [9.17, 15) is 18.4 Å². The fraction of sp³-hybridized carbons (Fsp3) is 0.300. The number of para-hydroxylation sites is 2. The third-order valence-electron chi connectivity index (χ3n) is 4.55. The first-order valence-electron chi connectivity index (χ1n) is 8.97. The molecule has 1 amide bonds. The Hall–Kier alpha value is -3.16. The fourth-order valence-electron chi connectivity index (χ4n) is 3.30. The van der Waals surface area contributed by atoms with Gasteiger partial charge in [0, 0.05) is 39.3 Å². The van der Waals surface area contributed by atoms with Crippen LogP contribution in [0.4, 0.5) is 20.2 Å². The number of benzene rings is 2. The Bertz CT molecular complexity index is 1060. The van der Waals surface area contributed by atoms with Gasteiger partial charge in [-0.05, 0) is 31.2 Å². The molecule has 0 aliphatic rings. The van der Waals surface area contributed by atoms with E-state index in [0.717, 1.165) is 23.2 Å². The van der Waals surface area contributed by atoms with Gasteiger partial charge in [-0.25, -0.2) is 13.6 Å². The minimum Gasteiger partial charge on any atom is -0.373 e. The molecular weight excluding hydrogens is 366 g/mol. The fourth-order valence-corrected chi connectivity index (χ4v) is 3.30. The van der Waals surface area contributed by atoms with Crippen LogP contribution in [0.15, 0.2) is 41.2 Å². The van der Waals surface area contributed by atoms with Crippen LogP contribution in [-0.2, 0) is 17.9 Å². The molecule has 0 radical (unpaired) electrons. The quantitative estimate of drug-likeness (QED) is 0.706. The average molecular weight is 388 g/mol. The van der Waals surface area contributed by atoms with Gasteiger partial charge in [0.05, 0.1) is 11.0 Å². The number of halogens is 2. The number of aryl methyl sites for hydroxylation is 2. The second-order valence-electron chi connectivity index (χ2n) is 6.65. The number of imidazole rings is 1. The smallest absolute Gasteiger partial charge is 0.329 e. The zero-order valence-corrected chi connectivity index (χ0v) is 16.0. The van der Waals surface area contributed by atoms with E-state index in [1.807, 2.05) is 31.2 Å². The maximum Gasteiger partial charge on any atom is 0.329 e. The van der Waals surface area contributed by atoms with Crippen molar-refractivity contribution in [2.24, 2.45) is 0 Å². The molecular formula is C20H22F2N4O2. The van der Waals surface area contributed by atoms with Crippen molar-refractivity contribution in [2.75, 3.05) is 24.3 Å². The number of carbonyl (C=O) groups is 1. The molecule has 6 nitrogen and oxygen atoms in total. The monoisotopic (exact) mass is 388 g/mol. The highest BCUT2D eigenvalue weighted by Crippen LogP contribution is 2.25. The summed E-state index contributed by atoms with van der Waals surface area (Å²) < 4.78 is 31.3. The first kappa shape index (κ1) is 19.6. The predicted octanol–water partition coefficient (Wildman–Crippen LogP) is 3.20. The van der Waals surface area contributed by atoms with Crippen LogP contribution >= 0.6 is 0 Å². The van der Waals surface area contributed by atoms with Crippen molar-refractivity contribution >= 4 is 28.3 Å². The lowest BCUT2D eigenvalue weighted by Crippen LogP contribution is -2.25. The Morgan fingerprint density at radius 2 is 1.64 bits per heavy atom. The van der Waals surface area contributed by atoms with E-state index in [1.165, 1.54) is 23.6 Å². The molecule has 148 valence electrons. The molecule has 0 bridgehead atoms. The first-order valence-corrected chi connectivity index (χ1v) is 8.97. The maximum atomic E-state index is 14.1. The summed E-state index contributed by atoms with van der Waals surface area (Å²) >= 11 is 0. The van der Waals surface area contributed by atoms with Gasteiger partial charge in [-0.15, -0.1) is 0 Å². The Labute approximate surface area is 161 Å². The zero-order chi connectivity index (χ0) is 20.4. The third kappa shape index (κ3) is 3.62. The molecule has 3 rings (SSSR count). The summed E-state index contributed by atoms with van der Waals surface area (Å²) in [4.78, 5) is 26.2. The van der Waals surface area contributed by atoms with Gasteiger partial charge in [0.15, 0.2) is 11.6 Å². The second kappa shape index (κ2) is 7.84. The number of rotatable bonds is 6. The topological polar surface area (TPSA) is 59.3 Å². The minimum atomic E-state index is -0.762. The van der Waals surface area contributed by atoms with E-state index in [1.54, 1.807) is 4.57 Å². The van der Waals surface area contributed by atoms with Crippen molar-refractivity contribution in [1.29, 1.82) is 0 Å². The van der Waals surface area contributed by atoms with Crippen molar-refractivity contribution < 1.29 is 13.6 Å². The summed E-state index contributed by atoms with van der Waals surface area (Å²) in [6.45, 7) is 2.57. The second-order valence-corrected chi connectivity index (χ2v) is 6.65. The molecule has 1 N–H and O–H groups in total. The highest BCUT2D eigenvalue weighted by Gasteiger charge is 2.16. The van der Waals surface area contributed by atoms with Crippen molar-refractivity contribution in [3.05, 3.63) is 58.5 Å². The van der Waals surface area contributed by atoms with Crippen molar-refractivity contribution in [2.45, 2.75) is 26.4 Å². The van der Waals surface area contributed by atoms with Gasteiger partial charge >= 0.3 is 5.69 Å². The molecule has 0 atom stereocenters. The summed E-state index contributed by atoms with van der Waals surface area (Å²) in [5.41, 5.74) is 1.23. The van der Waals surface area contributed by atoms with E-state index in [-0.39, 0.29) is 30.0 Å². The van der Waals surface area contributed by atoms with Crippen LogP contribution in [0.1, 0.15) is 13.3 Å². The highest BCUT2D eigenvalue weighted by molar-refractivity contribution is 5.91. The van der Waals surface area contributed by atoms with E-state index in [0.29, 0.717) is 6.54 Å². The van der Waals surface area contributed by atoms with Gasteiger partial charge in [-0.3, -0.25) is 13.9 Å². The summed E-state index contributed by atoms with van der Waals surface area (Å²) in [6, 6.07) is 9.51. The summed E-state index contributed by atoms with van der Waals surface area (Å²) in [5.74, 6) is -1.96. The molecule has 28 heavy (non-hydrogen) atoms. The van der Waals surface area contributed by atoms with Crippen molar-refractivity contribution in [3.8, 4) is 0 Å². The largest absolute Gasteiger partial charge is 0.373 e. The molecule has 0 aliphatic heterocycles. The zero-order valence-electron chi connectivity index (χ0n) is 16.0. The minimum absolute atomic E-state index is 0.00367. The molecule has 0 saturated heterocycles. The molecule has 0 saturated carbocycles. The summed E-state index contributed by atoms with van der Waals surface area (Å²) in [7, 11) is 3.06. The Kier molecular flexibility index (Phi) is 5.48. The van der Waals surface area contributed by atoms with Gasteiger partial charge in [0.2, 0.25) is 5.91 Å². The molecule has 0 unspecified atom stereocenters. The number of fused-ring (bicyclic) bond motifs is 1. The Morgan fingerprint density at radius 1 is 1.07 bits per heavy atom. The van der Waals surface area contributed by atoms with Crippen LogP contribution in [0, 0.1) is 11.6 Å². The number of nitrogens with one attached hydrogen (secondary N) is 1. The summed E-state index contributed by atoms with van der Waals surface area (Å²) in [5, 5.41) is 2.49. The van der Waals surface area contributed by atoms with Crippen LogP contribution in [0.2, 0.25) is 0 Å². The molecule has 1 heterocycles. The lowest BCUT2D eigenvalue weighted by atomic mass is 10.2. The van der Waals surface area contributed by atoms with Gasteiger partial charge in [0.25, 0.3) is 0 Å². The first-order chi connectivity index (χ1) is 13.3. The molecule has 0 fully saturated rings. The molecule has 0 aliphatic carbocycles. The van der Waals surface area contributed by atoms with Crippen LogP contribution in [-0.4, -0.2) is 29.1 Å². The van der Waals surface area contributed by atoms with Gasteiger partial charge < -0.3 is 10.2 Å². The van der Waals surface area contributed by atoms with Crippen LogP contribution < -0.4 is 15.9 Å². The normalized spacial score (nSPS) is 11.0. The van der Waals surface area contributed by atoms with Crippen molar-refractivity contribution in [3.63, 3.8) is 0 Å². The number of aromatic nitrogens is 2. The van der Waals surface area contributed by atoms with Crippen LogP contribution in [0.5, 0.6) is 0 Å². The van der Waals surface area contributed by atoms with Crippen LogP contribution in [0.25, 0.3) is 11.0 Å². The number of hydrogen-bond acceptors (Lipinski definition) is 3. The van der Waals surface area contributed by atoms with E-state index in [2.05, 4.69) is 5.32 Å². The Morgan fingerprint density at radius 3 is 2.18 bits per heavy atom. The summed E-state index contributed by atoms with van der Waals surface area (Å²) in [6.07, 6.45) is -0.00367. The number of carbonyl (C=O) groups excluding carboxylic acids is 1. The number of nitrogens with zero attached hydrogens (tertiary/aromatic N) is 3. The maximum absolute atomic E-state index is 14.1. The average Bonchev–Trinajstić information content (AvgIpc) is 2.89. The van der Waals surface area contributed by atoms with Crippen LogP contribution in [0.3, 0.4) is 0 Å².